The Bertz CT molecular complexity index is 1520. The molecule has 1 fully saturated rings. The molecular formula is C35H40FN3O5. The number of halogens is 1. The summed E-state index contributed by atoms with van der Waals surface area (Å²) in [5.41, 5.74) is 4.09. The van der Waals surface area contributed by atoms with Crippen LogP contribution in [0, 0.1) is 11.7 Å². The number of hydrogen-bond donors (Lipinski definition) is 4. The van der Waals surface area contributed by atoms with Crippen molar-refractivity contribution in [2.45, 2.75) is 56.3 Å². The van der Waals surface area contributed by atoms with Crippen molar-refractivity contribution < 1.29 is 29.6 Å². The molecule has 9 heteroatoms. The fourth-order valence-electron chi connectivity index (χ4n) is 5.88. The van der Waals surface area contributed by atoms with Crippen LogP contribution >= 0.6 is 0 Å². The molecule has 44 heavy (non-hydrogen) atoms. The van der Waals surface area contributed by atoms with Crippen LogP contribution in [0.4, 0.5) is 10.1 Å². The van der Waals surface area contributed by atoms with Crippen molar-refractivity contribution in [3.8, 4) is 0 Å². The number of rotatable bonds is 14. The second-order valence-corrected chi connectivity index (χ2v) is 11.8. The van der Waals surface area contributed by atoms with Crippen molar-refractivity contribution in [1.82, 2.24) is 9.55 Å². The number of carbonyl (C=O) groups is 1. The summed E-state index contributed by atoms with van der Waals surface area (Å²) in [4.78, 5) is 19.6. The molecular weight excluding hydrogens is 561 g/mol. The maximum Gasteiger partial charge on any atom is 0.233 e. The first-order valence-electron chi connectivity index (χ1n) is 15.0. The molecule has 4 aromatic rings. The Kier molecular flexibility index (Phi) is 9.90. The highest BCUT2D eigenvalue weighted by molar-refractivity contribution is 6.03. The first-order chi connectivity index (χ1) is 21.2. The van der Waals surface area contributed by atoms with E-state index < -0.39 is 24.9 Å². The van der Waals surface area contributed by atoms with Gasteiger partial charge in [0.05, 0.1) is 37.6 Å². The third-order valence-corrected chi connectivity index (χ3v) is 8.81. The van der Waals surface area contributed by atoms with Gasteiger partial charge in [0, 0.05) is 24.6 Å². The molecule has 1 aromatic heterocycles. The highest BCUT2D eigenvalue weighted by atomic mass is 19.1. The van der Waals surface area contributed by atoms with E-state index in [0.717, 1.165) is 40.9 Å². The van der Waals surface area contributed by atoms with Gasteiger partial charge in [0.1, 0.15) is 11.4 Å². The number of carbonyl (C=O) groups excluding carboxylic acids is 1. The van der Waals surface area contributed by atoms with Gasteiger partial charge in [0.2, 0.25) is 5.91 Å². The highest BCUT2D eigenvalue weighted by Gasteiger charge is 2.48. The zero-order valence-corrected chi connectivity index (χ0v) is 24.9. The standard InChI is InChI=1S/C35H40FN3O5/c1-38-23-37-20-30(38)15-6-24-4-13-29(14-5-24)39-33(27-7-2-25(3-8-27)18-19-35(44,21-40)22-41)31(34(39)43)16-17-32(42)26-9-11-28(36)12-10-26/h2-5,7-14,20,23,31-33,40-42,44H,6,15-19,21-22H2,1H3/t31-,32+,33-/m1/s1. The Labute approximate surface area is 257 Å². The number of aryl methyl sites for hydroxylation is 4. The SMILES string of the molecule is Cn1cncc1CCc1ccc(N2C(=O)[C@H](CC[C@H](O)c3ccc(F)cc3)[C@H]2c2ccc(CCC(O)(CO)CO)cc2)cc1. The van der Waals surface area contributed by atoms with Gasteiger partial charge in [-0.25, -0.2) is 9.37 Å². The summed E-state index contributed by atoms with van der Waals surface area (Å²) in [5.74, 6) is -0.715. The zero-order valence-electron chi connectivity index (χ0n) is 24.9. The Morgan fingerprint density at radius 2 is 1.55 bits per heavy atom. The molecule has 232 valence electrons. The number of β-lactam (4-membered cyclic amide) rings is 1. The largest absolute Gasteiger partial charge is 0.393 e. The van der Waals surface area contributed by atoms with Crippen molar-refractivity contribution in [3.05, 3.63) is 119 Å². The number of imidazole rings is 1. The van der Waals surface area contributed by atoms with Crippen LogP contribution in [0.1, 0.15) is 59.4 Å². The van der Waals surface area contributed by atoms with Gasteiger partial charge in [-0.3, -0.25) is 4.79 Å². The topological polar surface area (TPSA) is 119 Å². The lowest BCUT2D eigenvalue weighted by Crippen LogP contribution is -2.55. The summed E-state index contributed by atoms with van der Waals surface area (Å²) in [6.45, 7) is -1.04. The first-order valence-corrected chi connectivity index (χ1v) is 15.0. The number of nitrogens with zero attached hydrogens (tertiary/aromatic N) is 3. The highest BCUT2D eigenvalue weighted by Crippen LogP contribution is 2.46. The van der Waals surface area contributed by atoms with Crippen molar-refractivity contribution in [2.75, 3.05) is 18.1 Å². The molecule has 3 aromatic carbocycles. The summed E-state index contributed by atoms with van der Waals surface area (Å²) in [6, 6.07) is 21.4. The van der Waals surface area contributed by atoms with Crippen LogP contribution < -0.4 is 4.90 Å². The van der Waals surface area contributed by atoms with Crippen LogP contribution in [0.2, 0.25) is 0 Å². The molecule has 0 unspecified atom stereocenters. The zero-order chi connectivity index (χ0) is 31.3. The van der Waals surface area contributed by atoms with Crippen molar-refractivity contribution >= 4 is 11.6 Å². The minimum Gasteiger partial charge on any atom is -0.393 e. The van der Waals surface area contributed by atoms with Gasteiger partial charge < -0.3 is 29.9 Å². The van der Waals surface area contributed by atoms with E-state index in [1.165, 1.54) is 12.1 Å². The van der Waals surface area contributed by atoms with Gasteiger partial charge in [0.15, 0.2) is 0 Å². The van der Waals surface area contributed by atoms with Gasteiger partial charge in [-0.15, -0.1) is 0 Å². The fourth-order valence-corrected chi connectivity index (χ4v) is 5.88. The molecule has 1 aliphatic heterocycles. The van der Waals surface area contributed by atoms with E-state index in [1.807, 2.05) is 71.2 Å². The van der Waals surface area contributed by atoms with Crippen LogP contribution in [-0.4, -0.2) is 54.7 Å². The Morgan fingerprint density at radius 3 is 2.16 bits per heavy atom. The number of hydrogen-bond acceptors (Lipinski definition) is 6. The molecule has 0 radical (unpaired) electrons. The molecule has 1 saturated heterocycles. The normalized spacial score (nSPS) is 17.5. The fraction of sp³-hybridized carbons (Fsp3) is 0.371. The van der Waals surface area contributed by atoms with Crippen LogP contribution in [0.15, 0.2) is 85.3 Å². The smallest absolute Gasteiger partial charge is 0.233 e. The predicted molar refractivity (Wildman–Crippen MR) is 165 cm³/mol. The van der Waals surface area contributed by atoms with Gasteiger partial charge in [0.25, 0.3) is 0 Å². The monoisotopic (exact) mass is 601 g/mol. The quantitative estimate of drug-likeness (QED) is 0.161. The summed E-state index contributed by atoms with van der Waals surface area (Å²) in [5, 5.41) is 39.8. The lowest BCUT2D eigenvalue weighted by Gasteiger charge is -2.48. The molecule has 0 aliphatic carbocycles. The average Bonchev–Trinajstić information content (AvgIpc) is 3.46. The van der Waals surface area contributed by atoms with Crippen molar-refractivity contribution in [2.24, 2.45) is 13.0 Å². The lowest BCUT2D eigenvalue weighted by atomic mass is 9.78. The number of anilines is 1. The molecule has 3 atom stereocenters. The number of aliphatic hydroxyl groups is 4. The molecule has 1 amide bonds. The van der Waals surface area contributed by atoms with Gasteiger partial charge in [-0.2, -0.15) is 0 Å². The van der Waals surface area contributed by atoms with E-state index in [2.05, 4.69) is 4.98 Å². The molecule has 0 spiro atoms. The van der Waals surface area contributed by atoms with E-state index in [4.69, 9.17) is 0 Å². The molecule has 5 rings (SSSR count). The van der Waals surface area contributed by atoms with E-state index in [1.54, 1.807) is 18.5 Å². The number of amides is 1. The van der Waals surface area contributed by atoms with E-state index >= 15 is 0 Å². The second-order valence-electron chi connectivity index (χ2n) is 11.8. The minimum absolute atomic E-state index is 0.0102. The maximum absolute atomic E-state index is 13.6. The molecule has 0 saturated carbocycles. The van der Waals surface area contributed by atoms with Gasteiger partial charge in [-0.1, -0.05) is 48.5 Å². The molecule has 4 N–H and O–H groups in total. The maximum atomic E-state index is 13.6. The van der Waals surface area contributed by atoms with Crippen LogP contribution in [0.25, 0.3) is 0 Å². The number of aromatic nitrogens is 2. The van der Waals surface area contributed by atoms with Crippen molar-refractivity contribution in [3.63, 3.8) is 0 Å². The minimum atomic E-state index is -1.53. The van der Waals surface area contributed by atoms with Crippen LogP contribution in [-0.2, 0) is 31.1 Å². The second kappa shape index (κ2) is 13.8. The van der Waals surface area contributed by atoms with E-state index in [9.17, 15) is 29.6 Å². The molecule has 2 heterocycles. The molecule has 8 nitrogen and oxygen atoms in total. The Hall–Kier alpha value is -3.89. The summed E-state index contributed by atoms with van der Waals surface area (Å²) in [7, 11) is 1.98. The lowest BCUT2D eigenvalue weighted by molar-refractivity contribution is -0.131. The summed E-state index contributed by atoms with van der Waals surface area (Å²) >= 11 is 0. The van der Waals surface area contributed by atoms with Crippen LogP contribution in [0.5, 0.6) is 0 Å². The summed E-state index contributed by atoms with van der Waals surface area (Å²) in [6.07, 6.45) is 6.07. The van der Waals surface area contributed by atoms with E-state index in [-0.39, 0.29) is 30.1 Å². The Balaban J connectivity index is 1.32. The van der Waals surface area contributed by atoms with Crippen molar-refractivity contribution in [1.29, 1.82) is 0 Å². The summed E-state index contributed by atoms with van der Waals surface area (Å²) < 4.78 is 15.4. The van der Waals surface area contributed by atoms with Gasteiger partial charge in [-0.05, 0) is 85.0 Å². The average molecular weight is 602 g/mol. The Morgan fingerprint density at radius 1 is 0.909 bits per heavy atom. The number of aliphatic hydroxyl groups excluding tert-OH is 3. The first kappa shape index (κ1) is 31.5. The number of benzene rings is 3. The van der Waals surface area contributed by atoms with Gasteiger partial charge >= 0.3 is 0 Å². The van der Waals surface area contributed by atoms with Crippen LogP contribution in [0.3, 0.4) is 0 Å². The third-order valence-electron chi connectivity index (χ3n) is 8.81. The molecule has 1 aliphatic rings. The predicted octanol–water partition coefficient (Wildman–Crippen LogP) is 4.21. The molecule has 0 bridgehead atoms. The third kappa shape index (κ3) is 7.08. The van der Waals surface area contributed by atoms with E-state index in [0.29, 0.717) is 24.8 Å².